The standard InChI is InChI=1S/C14H20O4/c1-12(2)8-5-9-13(3)14(12,18-13)10(15)6-7-11(16)17-4/h10,15H,5,8-9H2,1-4H3/t10-,13-,14+/m0/s1. The third-order valence-electron chi connectivity index (χ3n) is 4.47. The minimum absolute atomic E-state index is 0.149. The van der Waals surface area contributed by atoms with E-state index >= 15 is 0 Å². The number of carbonyl (C=O) groups excluding carboxylic acids is 1. The van der Waals surface area contributed by atoms with E-state index < -0.39 is 17.7 Å². The summed E-state index contributed by atoms with van der Waals surface area (Å²) in [6.07, 6.45) is 2.03. The molecule has 1 aliphatic carbocycles. The molecule has 1 aliphatic heterocycles. The molecule has 2 rings (SSSR count). The number of hydrogen-bond acceptors (Lipinski definition) is 4. The molecule has 1 heterocycles. The monoisotopic (exact) mass is 252 g/mol. The lowest BCUT2D eigenvalue weighted by Crippen LogP contribution is -2.50. The van der Waals surface area contributed by atoms with Crippen molar-refractivity contribution in [1.29, 1.82) is 0 Å². The zero-order chi connectivity index (χ0) is 13.6. The Kier molecular flexibility index (Phi) is 2.95. The topological polar surface area (TPSA) is 59.1 Å². The van der Waals surface area contributed by atoms with Crippen molar-refractivity contribution in [2.75, 3.05) is 7.11 Å². The molecule has 0 aromatic heterocycles. The molecule has 1 saturated carbocycles. The summed E-state index contributed by atoms with van der Waals surface area (Å²) in [5.74, 6) is 4.23. The molecule has 100 valence electrons. The Balaban J connectivity index is 2.25. The first-order valence-electron chi connectivity index (χ1n) is 6.27. The van der Waals surface area contributed by atoms with Gasteiger partial charge in [0, 0.05) is 11.3 Å². The molecule has 0 aromatic carbocycles. The van der Waals surface area contributed by atoms with Gasteiger partial charge in [-0.15, -0.1) is 0 Å². The van der Waals surface area contributed by atoms with Crippen LogP contribution in [0, 0.1) is 17.3 Å². The molecule has 2 aliphatic rings. The lowest BCUT2D eigenvalue weighted by atomic mass is 9.62. The Bertz CT molecular complexity index is 431. The van der Waals surface area contributed by atoms with Crippen molar-refractivity contribution < 1.29 is 19.4 Å². The lowest BCUT2D eigenvalue weighted by Gasteiger charge is -2.39. The van der Waals surface area contributed by atoms with Crippen molar-refractivity contribution in [3.8, 4) is 11.8 Å². The van der Waals surface area contributed by atoms with Crippen LogP contribution in [0.5, 0.6) is 0 Å². The second-order valence-corrected chi connectivity index (χ2v) is 5.97. The molecular weight excluding hydrogens is 232 g/mol. The third-order valence-corrected chi connectivity index (χ3v) is 4.47. The van der Waals surface area contributed by atoms with E-state index in [9.17, 15) is 9.90 Å². The molecule has 4 heteroatoms. The maximum Gasteiger partial charge on any atom is 0.384 e. The van der Waals surface area contributed by atoms with E-state index in [0.717, 1.165) is 19.3 Å². The number of methoxy groups -OCH3 is 1. The summed E-state index contributed by atoms with van der Waals surface area (Å²) >= 11 is 0. The molecule has 0 radical (unpaired) electrons. The zero-order valence-electron chi connectivity index (χ0n) is 11.4. The first kappa shape index (κ1) is 13.4. The largest absolute Gasteiger partial charge is 0.459 e. The zero-order valence-corrected chi connectivity index (χ0v) is 11.4. The molecule has 0 aromatic rings. The molecule has 18 heavy (non-hydrogen) atoms. The average molecular weight is 252 g/mol. The van der Waals surface area contributed by atoms with Crippen molar-refractivity contribution in [2.24, 2.45) is 5.41 Å². The van der Waals surface area contributed by atoms with Gasteiger partial charge in [-0.2, -0.15) is 0 Å². The third kappa shape index (κ3) is 1.65. The van der Waals surface area contributed by atoms with Gasteiger partial charge in [-0.1, -0.05) is 19.8 Å². The first-order valence-corrected chi connectivity index (χ1v) is 6.27. The number of epoxide rings is 1. The fraction of sp³-hybridized carbons (Fsp3) is 0.786. The minimum atomic E-state index is -0.961. The maximum absolute atomic E-state index is 11.0. The van der Waals surface area contributed by atoms with Gasteiger partial charge in [0.15, 0.2) is 0 Å². The van der Waals surface area contributed by atoms with E-state index in [1.165, 1.54) is 7.11 Å². The Morgan fingerprint density at radius 1 is 1.39 bits per heavy atom. The van der Waals surface area contributed by atoms with Crippen LogP contribution < -0.4 is 0 Å². The van der Waals surface area contributed by atoms with Crippen LogP contribution in [0.1, 0.15) is 40.0 Å². The summed E-state index contributed by atoms with van der Waals surface area (Å²) < 4.78 is 10.3. The van der Waals surface area contributed by atoms with Gasteiger partial charge in [0.05, 0.1) is 12.7 Å². The molecule has 0 amide bonds. The number of hydrogen-bond donors (Lipinski definition) is 1. The van der Waals surface area contributed by atoms with Crippen molar-refractivity contribution >= 4 is 5.97 Å². The Morgan fingerprint density at radius 2 is 2.06 bits per heavy atom. The van der Waals surface area contributed by atoms with Crippen LogP contribution in [0.25, 0.3) is 0 Å². The summed E-state index contributed by atoms with van der Waals surface area (Å²) in [5.41, 5.74) is -1.12. The number of ether oxygens (including phenoxy) is 2. The summed E-state index contributed by atoms with van der Waals surface area (Å²) in [4.78, 5) is 11.0. The highest BCUT2D eigenvalue weighted by molar-refractivity contribution is 5.88. The van der Waals surface area contributed by atoms with Gasteiger partial charge in [-0.25, -0.2) is 4.79 Å². The molecule has 4 nitrogen and oxygen atoms in total. The smallest absolute Gasteiger partial charge is 0.384 e. The van der Waals surface area contributed by atoms with E-state index in [0.29, 0.717) is 0 Å². The highest BCUT2D eigenvalue weighted by atomic mass is 16.6. The molecule has 1 N–H and O–H groups in total. The van der Waals surface area contributed by atoms with E-state index in [4.69, 9.17) is 4.74 Å². The molecule has 0 unspecified atom stereocenters. The number of fused-ring (bicyclic) bond motifs is 1. The predicted molar refractivity (Wildman–Crippen MR) is 65.7 cm³/mol. The number of rotatable bonds is 1. The lowest BCUT2D eigenvalue weighted by molar-refractivity contribution is -0.133. The van der Waals surface area contributed by atoms with Gasteiger partial charge in [0.1, 0.15) is 11.7 Å². The summed E-state index contributed by atoms with van der Waals surface area (Å²) in [7, 11) is 1.27. The number of esters is 1. The quantitative estimate of drug-likeness (QED) is 0.330. The van der Waals surface area contributed by atoms with Crippen LogP contribution >= 0.6 is 0 Å². The van der Waals surface area contributed by atoms with E-state index in [-0.39, 0.29) is 11.0 Å². The highest BCUT2D eigenvalue weighted by Crippen LogP contribution is 2.66. The highest BCUT2D eigenvalue weighted by Gasteiger charge is 2.77. The van der Waals surface area contributed by atoms with Crippen LogP contribution in [-0.2, 0) is 14.3 Å². The molecule has 3 atom stereocenters. The second-order valence-electron chi connectivity index (χ2n) is 5.97. The average Bonchev–Trinajstić information content (AvgIpc) is 2.94. The fourth-order valence-corrected chi connectivity index (χ4v) is 3.47. The van der Waals surface area contributed by atoms with Gasteiger partial charge >= 0.3 is 5.97 Å². The molecule has 2 fully saturated rings. The fourth-order valence-electron chi connectivity index (χ4n) is 3.47. The van der Waals surface area contributed by atoms with Crippen LogP contribution in [0.4, 0.5) is 0 Å². The summed E-state index contributed by atoms with van der Waals surface area (Å²) in [5, 5.41) is 10.3. The molecule has 0 spiro atoms. The van der Waals surface area contributed by atoms with Crippen LogP contribution in [0.2, 0.25) is 0 Å². The molecule has 0 bridgehead atoms. The van der Waals surface area contributed by atoms with Gasteiger partial charge in [0.25, 0.3) is 0 Å². The predicted octanol–water partition coefficient (Wildman–Crippen LogP) is 1.26. The minimum Gasteiger partial charge on any atom is -0.459 e. The normalized spacial score (nSPS) is 37.8. The van der Waals surface area contributed by atoms with E-state index in [1.807, 2.05) is 6.92 Å². The summed E-state index contributed by atoms with van der Waals surface area (Å²) in [6.45, 7) is 6.18. The maximum atomic E-state index is 11.0. The van der Waals surface area contributed by atoms with Crippen molar-refractivity contribution in [2.45, 2.75) is 57.3 Å². The van der Waals surface area contributed by atoms with Gasteiger partial charge in [-0.05, 0) is 26.2 Å². The van der Waals surface area contributed by atoms with Crippen molar-refractivity contribution in [3.63, 3.8) is 0 Å². The number of aliphatic hydroxyl groups is 1. The Labute approximate surface area is 108 Å². The van der Waals surface area contributed by atoms with E-state index in [1.54, 1.807) is 0 Å². The number of carbonyl (C=O) groups is 1. The summed E-state index contributed by atoms with van der Waals surface area (Å²) in [6, 6.07) is 0. The van der Waals surface area contributed by atoms with Crippen molar-refractivity contribution in [3.05, 3.63) is 0 Å². The molecular formula is C14H20O4. The van der Waals surface area contributed by atoms with Crippen LogP contribution in [0.3, 0.4) is 0 Å². The molecule has 1 saturated heterocycles. The van der Waals surface area contributed by atoms with Crippen molar-refractivity contribution in [1.82, 2.24) is 0 Å². The van der Waals surface area contributed by atoms with Crippen LogP contribution in [0.15, 0.2) is 0 Å². The Morgan fingerprint density at radius 3 is 2.61 bits per heavy atom. The second kappa shape index (κ2) is 3.97. The Hall–Kier alpha value is -1.05. The first-order chi connectivity index (χ1) is 8.29. The van der Waals surface area contributed by atoms with Crippen LogP contribution in [-0.4, -0.2) is 35.5 Å². The van der Waals surface area contributed by atoms with E-state index in [2.05, 4.69) is 30.4 Å². The van der Waals surface area contributed by atoms with Gasteiger partial charge < -0.3 is 14.6 Å². The van der Waals surface area contributed by atoms with Gasteiger partial charge in [-0.3, -0.25) is 0 Å². The SMILES string of the molecule is COC(=O)C#C[C@H](O)[C@]12O[C@@]1(C)CCCC2(C)C. The van der Waals surface area contributed by atoms with Gasteiger partial charge in [0.2, 0.25) is 0 Å². The number of aliphatic hydroxyl groups excluding tert-OH is 1.